The van der Waals surface area contributed by atoms with Crippen LogP contribution in [0.3, 0.4) is 0 Å². The summed E-state index contributed by atoms with van der Waals surface area (Å²) in [5.41, 5.74) is 3.93. The second kappa shape index (κ2) is 4.56. The van der Waals surface area contributed by atoms with E-state index in [4.69, 9.17) is 0 Å². The van der Waals surface area contributed by atoms with Crippen molar-refractivity contribution in [1.29, 1.82) is 0 Å². The highest BCUT2D eigenvalue weighted by Gasteiger charge is 2.20. The molecule has 0 aliphatic rings. The number of hydrogen-bond acceptors (Lipinski definition) is 2. The first-order chi connectivity index (χ1) is 7.52. The van der Waals surface area contributed by atoms with E-state index >= 15 is 0 Å². The van der Waals surface area contributed by atoms with Crippen LogP contribution < -0.4 is 5.32 Å². The van der Waals surface area contributed by atoms with Gasteiger partial charge in [-0.2, -0.15) is 0 Å². The molecule has 0 unspecified atom stereocenters. The molecule has 0 fully saturated rings. The molecule has 0 saturated carbocycles. The maximum Gasteiger partial charge on any atom is 0.0385 e. The molecule has 1 aromatic carbocycles. The molecule has 0 bridgehead atoms. The average Bonchev–Trinajstić information content (AvgIpc) is 2.08. The van der Waals surface area contributed by atoms with Gasteiger partial charge in [0, 0.05) is 16.1 Å². The molecule has 0 atom stereocenters. The Kier molecular flexibility index (Phi) is 3.87. The Balaban J connectivity index is 3.21. The minimum atomic E-state index is 0.0776. The van der Waals surface area contributed by atoms with Gasteiger partial charge in [0.15, 0.2) is 0 Å². The van der Waals surface area contributed by atoms with E-state index in [0.29, 0.717) is 0 Å². The lowest BCUT2D eigenvalue weighted by atomic mass is 9.85. The fourth-order valence-corrected chi connectivity index (χ4v) is 2.38. The third-order valence-electron chi connectivity index (χ3n) is 2.75. The van der Waals surface area contributed by atoms with Crippen molar-refractivity contribution in [2.24, 2.45) is 0 Å². The van der Waals surface area contributed by atoms with Crippen molar-refractivity contribution >= 4 is 18.3 Å². The van der Waals surface area contributed by atoms with Crippen LogP contribution in [0.2, 0.25) is 0 Å². The predicted octanol–water partition coefficient (Wildman–Crippen LogP) is 4.79. The van der Waals surface area contributed by atoms with Gasteiger partial charge in [-0.25, -0.2) is 0 Å². The molecule has 0 amide bonds. The van der Waals surface area contributed by atoms with E-state index in [1.165, 1.54) is 16.8 Å². The maximum atomic E-state index is 4.68. The first kappa shape index (κ1) is 14.4. The molecule has 1 nitrogen and oxygen atoms in total. The van der Waals surface area contributed by atoms with E-state index < -0.39 is 0 Å². The van der Waals surface area contributed by atoms with Crippen molar-refractivity contribution in [1.82, 2.24) is 0 Å². The van der Waals surface area contributed by atoms with Gasteiger partial charge in [-0.05, 0) is 50.3 Å². The van der Waals surface area contributed by atoms with Crippen LogP contribution in [0.5, 0.6) is 0 Å². The van der Waals surface area contributed by atoms with Gasteiger partial charge in [0.05, 0.1) is 0 Å². The van der Waals surface area contributed by atoms with Crippen molar-refractivity contribution < 1.29 is 0 Å². The fraction of sp³-hybridized carbons (Fsp3) is 0.600. The lowest BCUT2D eigenvalue weighted by molar-refractivity contribution is 0.576. The molecule has 0 saturated heterocycles. The fourth-order valence-electron chi connectivity index (χ4n) is 1.84. The van der Waals surface area contributed by atoms with Gasteiger partial charge in [0.1, 0.15) is 0 Å². The zero-order chi connectivity index (χ0) is 13.4. The summed E-state index contributed by atoms with van der Waals surface area (Å²) in [7, 11) is 0. The molecule has 1 rings (SSSR count). The molecule has 1 N–H and O–H groups in total. The summed E-state index contributed by atoms with van der Waals surface area (Å²) >= 11 is 4.68. The van der Waals surface area contributed by atoms with Crippen LogP contribution in [-0.2, 0) is 5.41 Å². The number of benzene rings is 1. The summed E-state index contributed by atoms with van der Waals surface area (Å²) in [6.07, 6.45) is 0. The van der Waals surface area contributed by atoms with E-state index in [1.54, 1.807) is 0 Å². The Morgan fingerprint density at radius 1 is 1.00 bits per heavy atom. The first-order valence-electron chi connectivity index (χ1n) is 6.13. The molecule has 0 aliphatic heterocycles. The quantitative estimate of drug-likeness (QED) is 0.684. The SMILES string of the molecule is Cc1c(NC(C)(C)C)ccc(C(C)(C)C)c1S. The molecular formula is C15H25NS. The van der Waals surface area contributed by atoms with Crippen LogP contribution in [0.25, 0.3) is 0 Å². The summed E-state index contributed by atoms with van der Waals surface area (Å²) in [5, 5.41) is 3.52. The molecular weight excluding hydrogens is 226 g/mol. The van der Waals surface area contributed by atoms with Crippen LogP contribution in [0.15, 0.2) is 17.0 Å². The normalized spacial score (nSPS) is 12.7. The molecule has 0 radical (unpaired) electrons. The van der Waals surface area contributed by atoms with Crippen LogP contribution in [-0.4, -0.2) is 5.54 Å². The Morgan fingerprint density at radius 2 is 1.53 bits per heavy atom. The van der Waals surface area contributed by atoms with E-state index in [0.717, 1.165) is 4.90 Å². The molecule has 1 aromatic rings. The van der Waals surface area contributed by atoms with E-state index in [2.05, 4.69) is 78.5 Å². The number of rotatable bonds is 1. The summed E-state index contributed by atoms with van der Waals surface area (Å²) < 4.78 is 0. The minimum Gasteiger partial charge on any atom is -0.380 e. The Morgan fingerprint density at radius 3 is 1.94 bits per heavy atom. The number of hydrogen-bond donors (Lipinski definition) is 2. The molecule has 0 aromatic heterocycles. The first-order valence-corrected chi connectivity index (χ1v) is 6.58. The third-order valence-corrected chi connectivity index (χ3v) is 3.32. The Bertz CT molecular complexity index is 408. The predicted molar refractivity (Wildman–Crippen MR) is 80.5 cm³/mol. The maximum absolute atomic E-state index is 4.68. The third kappa shape index (κ3) is 3.67. The van der Waals surface area contributed by atoms with Crippen molar-refractivity contribution in [2.45, 2.75) is 64.3 Å². The minimum absolute atomic E-state index is 0.0776. The lowest BCUT2D eigenvalue weighted by Gasteiger charge is -2.27. The van der Waals surface area contributed by atoms with Gasteiger partial charge in [0.2, 0.25) is 0 Å². The van der Waals surface area contributed by atoms with E-state index in [9.17, 15) is 0 Å². The van der Waals surface area contributed by atoms with Crippen molar-refractivity contribution in [2.75, 3.05) is 5.32 Å². The zero-order valence-electron chi connectivity index (χ0n) is 12.1. The summed E-state index contributed by atoms with van der Waals surface area (Å²) in [6.45, 7) is 15.3. The van der Waals surface area contributed by atoms with Crippen LogP contribution in [0.1, 0.15) is 52.7 Å². The monoisotopic (exact) mass is 251 g/mol. The van der Waals surface area contributed by atoms with Crippen molar-refractivity contribution in [3.05, 3.63) is 23.3 Å². The number of thiol groups is 1. The second-order valence-electron chi connectivity index (χ2n) is 6.76. The van der Waals surface area contributed by atoms with Gasteiger partial charge < -0.3 is 5.32 Å². The number of anilines is 1. The lowest BCUT2D eigenvalue weighted by Crippen LogP contribution is -2.26. The number of nitrogens with one attached hydrogen (secondary N) is 1. The zero-order valence-corrected chi connectivity index (χ0v) is 13.0. The van der Waals surface area contributed by atoms with Gasteiger partial charge in [-0.15, -0.1) is 12.6 Å². The molecule has 17 heavy (non-hydrogen) atoms. The summed E-state index contributed by atoms with van der Waals surface area (Å²) in [5.74, 6) is 0. The van der Waals surface area contributed by atoms with Crippen molar-refractivity contribution in [3.63, 3.8) is 0 Å². The molecule has 0 aliphatic carbocycles. The van der Waals surface area contributed by atoms with Crippen LogP contribution >= 0.6 is 12.6 Å². The Hall–Kier alpha value is -0.630. The molecule has 0 heterocycles. The average molecular weight is 251 g/mol. The largest absolute Gasteiger partial charge is 0.380 e. The van der Waals surface area contributed by atoms with Gasteiger partial charge in [-0.3, -0.25) is 0 Å². The second-order valence-corrected chi connectivity index (χ2v) is 7.21. The van der Waals surface area contributed by atoms with Gasteiger partial charge in [0.25, 0.3) is 0 Å². The van der Waals surface area contributed by atoms with Crippen LogP contribution in [0.4, 0.5) is 5.69 Å². The van der Waals surface area contributed by atoms with Gasteiger partial charge >= 0.3 is 0 Å². The standard InChI is InChI=1S/C15H25NS/c1-10-12(16-15(5,6)7)9-8-11(13(10)17)14(2,3)4/h8-9,16-17H,1-7H3. The highest BCUT2D eigenvalue weighted by molar-refractivity contribution is 7.80. The smallest absolute Gasteiger partial charge is 0.0385 e. The highest BCUT2D eigenvalue weighted by atomic mass is 32.1. The molecule has 2 heteroatoms. The Labute approximate surface area is 111 Å². The van der Waals surface area contributed by atoms with E-state index in [-0.39, 0.29) is 11.0 Å². The van der Waals surface area contributed by atoms with Crippen LogP contribution in [0, 0.1) is 6.92 Å². The van der Waals surface area contributed by atoms with E-state index in [1.807, 2.05) is 0 Å². The summed E-state index contributed by atoms with van der Waals surface area (Å²) in [4.78, 5) is 1.10. The summed E-state index contributed by atoms with van der Waals surface area (Å²) in [6, 6.07) is 4.35. The topological polar surface area (TPSA) is 12.0 Å². The van der Waals surface area contributed by atoms with Gasteiger partial charge in [-0.1, -0.05) is 26.8 Å². The highest BCUT2D eigenvalue weighted by Crippen LogP contribution is 2.34. The molecule has 96 valence electrons. The van der Waals surface area contributed by atoms with Crippen molar-refractivity contribution in [3.8, 4) is 0 Å². The molecule has 0 spiro atoms.